The van der Waals surface area contributed by atoms with E-state index >= 15 is 0 Å². The van der Waals surface area contributed by atoms with Crippen LogP contribution in [0.25, 0.3) is 11.0 Å². The summed E-state index contributed by atoms with van der Waals surface area (Å²) in [6.45, 7) is 6.31. The smallest absolute Gasteiger partial charge is 0.416 e. The summed E-state index contributed by atoms with van der Waals surface area (Å²) in [5.74, 6) is 1.56. The van der Waals surface area contributed by atoms with Gasteiger partial charge in [0.15, 0.2) is 5.65 Å². The van der Waals surface area contributed by atoms with Crippen LogP contribution < -0.4 is 15.8 Å². The minimum Gasteiger partial charge on any atom is -0.481 e. The largest absolute Gasteiger partial charge is 0.481 e. The standard InChI is InChI=1S/C25H29F3N6O2/c1-13(17-9-18(25(26,27)28)11-19(29)10-17)30-22-21-12-20(16-5-7-34(8-6-16)15(3)35)24(36-4)33-23(21)32-14(2)31-22/h9-13,16H,5-8,29H2,1-4H3,(H,30,31,32,33)/t13-/m1/s1. The second-order valence-electron chi connectivity index (χ2n) is 9.11. The number of nitrogens with zero attached hydrogens (tertiary/aromatic N) is 4. The minimum atomic E-state index is -4.50. The lowest BCUT2D eigenvalue weighted by atomic mass is 9.89. The highest BCUT2D eigenvalue weighted by Crippen LogP contribution is 2.37. The zero-order chi connectivity index (χ0) is 26.2. The van der Waals surface area contributed by atoms with Crippen LogP contribution in [0.1, 0.15) is 61.2 Å². The van der Waals surface area contributed by atoms with Crippen molar-refractivity contribution in [3.8, 4) is 5.88 Å². The molecule has 1 aromatic carbocycles. The molecule has 4 rings (SSSR count). The number of nitrogens with two attached hydrogens (primary N) is 1. The van der Waals surface area contributed by atoms with E-state index in [4.69, 9.17) is 10.5 Å². The first-order valence-electron chi connectivity index (χ1n) is 11.7. The normalized spacial score (nSPS) is 15.7. The van der Waals surface area contributed by atoms with Crippen LogP contribution in [0.4, 0.5) is 24.7 Å². The highest BCUT2D eigenvalue weighted by atomic mass is 19.4. The number of nitrogens with one attached hydrogen (secondary N) is 1. The fourth-order valence-corrected chi connectivity index (χ4v) is 4.61. The number of pyridine rings is 1. The van der Waals surface area contributed by atoms with E-state index in [1.165, 1.54) is 6.07 Å². The van der Waals surface area contributed by atoms with Crippen molar-refractivity contribution in [2.75, 3.05) is 31.2 Å². The summed E-state index contributed by atoms with van der Waals surface area (Å²) in [5, 5.41) is 3.87. The Balaban J connectivity index is 1.71. The number of piperidine rings is 1. The number of carbonyl (C=O) groups is 1. The number of anilines is 2. The molecule has 3 N–H and O–H groups in total. The van der Waals surface area contributed by atoms with Crippen molar-refractivity contribution in [2.45, 2.75) is 51.7 Å². The third-order valence-electron chi connectivity index (χ3n) is 6.52. The summed E-state index contributed by atoms with van der Waals surface area (Å²) in [5.41, 5.74) is 6.68. The maximum absolute atomic E-state index is 13.3. The monoisotopic (exact) mass is 502 g/mol. The van der Waals surface area contributed by atoms with E-state index in [9.17, 15) is 18.0 Å². The molecule has 1 fully saturated rings. The molecule has 1 atom stereocenters. The van der Waals surface area contributed by atoms with Crippen molar-refractivity contribution in [1.29, 1.82) is 0 Å². The molecule has 36 heavy (non-hydrogen) atoms. The average Bonchev–Trinajstić information content (AvgIpc) is 2.82. The van der Waals surface area contributed by atoms with Crippen molar-refractivity contribution in [3.05, 3.63) is 46.8 Å². The van der Waals surface area contributed by atoms with Gasteiger partial charge in [-0.3, -0.25) is 4.79 Å². The maximum atomic E-state index is 13.3. The van der Waals surface area contributed by atoms with Gasteiger partial charge in [-0.2, -0.15) is 18.2 Å². The SMILES string of the molecule is COc1nc2nc(C)nc(N[C@H](C)c3cc(N)cc(C(F)(F)F)c3)c2cc1C1CCN(C(C)=O)CC1. The molecular weight excluding hydrogens is 473 g/mol. The number of amides is 1. The molecule has 1 amide bonds. The van der Waals surface area contributed by atoms with Crippen LogP contribution in [0.3, 0.4) is 0 Å². The predicted octanol–water partition coefficient (Wildman–Crippen LogP) is 4.84. The predicted molar refractivity (Wildman–Crippen MR) is 131 cm³/mol. The third-order valence-corrected chi connectivity index (χ3v) is 6.52. The van der Waals surface area contributed by atoms with Crippen LogP contribution in [0, 0.1) is 6.92 Å². The Morgan fingerprint density at radius 2 is 1.86 bits per heavy atom. The number of aryl methyl sites for hydroxylation is 1. The Bertz CT molecular complexity index is 1290. The van der Waals surface area contributed by atoms with Gasteiger partial charge in [0.05, 0.1) is 24.1 Å². The summed E-state index contributed by atoms with van der Waals surface area (Å²) in [7, 11) is 1.55. The summed E-state index contributed by atoms with van der Waals surface area (Å²) >= 11 is 0. The molecule has 1 aliphatic rings. The van der Waals surface area contributed by atoms with E-state index in [2.05, 4.69) is 20.3 Å². The second-order valence-corrected chi connectivity index (χ2v) is 9.11. The number of methoxy groups -OCH3 is 1. The molecule has 0 unspecified atom stereocenters. The number of nitrogen functional groups attached to an aromatic ring is 1. The molecule has 0 saturated carbocycles. The number of benzene rings is 1. The number of halogens is 3. The summed E-state index contributed by atoms with van der Waals surface area (Å²) < 4.78 is 45.5. The van der Waals surface area contributed by atoms with E-state index in [-0.39, 0.29) is 17.5 Å². The molecule has 1 aliphatic heterocycles. The lowest BCUT2D eigenvalue weighted by Gasteiger charge is -2.32. The first-order valence-corrected chi connectivity index (χ1v) is 11.7. The molecule has 2 aromatic heterocycles. The quantitative estimate of drug-likeness (QED) is 0.481. The molecule has 8 nitrogen and oxygen atoms in total. The van der Waals surface area contributed by atoms with Crippen molar-refractivity contribution >= 4 is 28.4 Å². The molecule has 0 spiro atoms. The van der Waals surface area contributed by atoms with Crippen LogP contribution in [0.15, 0.2) is 24.3 Å². The number of alkyl halides is 3. The van der Waals surface area contributed by atoms with Crippen LogP contribution in [0.2, 0.25) is 0 Å². The molecule has 0 aliphatic carbocycles. The van der Waals surface area contributed by atoms with E-state index < -0.39 is 17.8 Å². The fourth-order valence-electron chi connectivity index (χ4n) is 4.61. The van der Waals surface area contributed by atoms with Gasteiger partial charge in [-0.15, -0.1) is 0 Å². The Hall–Kier alpha value is -3.63. The van der Waals surface area contributed by atoms with Gasteiger partial charge in [0.25, 0.3) is 0 Å². The molecule has 3 aromatic rings. The van der Waals surface area contributed by atoms with Crippen molar-refractivity contribution in [2.24, 2.45) is 0 Å². The Morgan fingerprint density at radius 3 is 2.47 bits per heavy atom. The third kappa shape index (κ3) is 5.29. The number of aromatic nitrogens is 3. The number of likely N-dealkylation sites (tertiary alicyclic amines) is 1. The van der Waals surface area contributed by atoms with E-state index in [0.29, 0.717) is 47.2 Å². The number of fused-ring (bicyclic) bond motifs is 1. The highest BCUT2D eigenvalue weighted by molar-refractivity contribution is 5.88. The van der Waals surface area contributed by atoms with E-state index in [1.807, 2.05) is 11.0 Å². The van der Waals surface area contributed by atoms with Crippen molar-refractivity contribution in [1.82, 2.24) is 19.9 Å². The summed E-state index contributed by atoms with van der Waals surface area (Å²) in [6, 6.07) is 4.92. The topological polar surface area (TPSA) is 106 Å². The zero-order valence-corrected chi connectivity index (χ0v) is 20.6. The number of rotatable bonds is 5. The Labute approximate surface area is 207 Å². The number of hydrogen-bond acceptors (Lipinski definition) is 7. The fraction of sp³-hybridized carbons (Fsp3) is 0.440. The van der Waals surface area contributed by atoms with Gasteiger partial charge in [0.1, 0.15) is 11.6 Å². The van der Waals surface area contributed by atoms with Crippen LogP contribution >= 0.6 is 0 Å². The molecule has 1 saturated heterocycles. The highest BCUT2D eigenvalue weighted by Gasteiger charge is 2.32. The Kier molecular flexibility index (Phi) is 6.92. The maximum Gasteiger partial charge on any atom is 0.416 e. The first-order chi connectivity index (χ1) is 17.0. The number of carbonyl (C=O) groups excluding carboxylic acids is 1. The zero-order valence-electron chi connectivity index (χ0n) is 20.6. The number of ether oxygens (including phenoxy) is 1. The van der Waals surface area contributed by atoms with Gasteiger partial charge in [0, 0.05) is 31.3 Å². The van der Waals surface area contributed by atoms with Gasteiger partial charge >= 0.3 is 6.18 Å². The summed E-state index contributed by atoms with van der Waals surface area (Å²) in [4.78, 5) is 27.1. The molecule has 11 heteroatoms. The lowest BCUT2D eigenvalue weighted by Crippen LogP contribution is -2.36. The van der Waals surface area contributed by atoms with E-state index in [1.54, 1.807) is 27.9 Å². The van der Waals surface area contributed by atoms with Gasteiger partial charge in [0.2, 0.25) is 11.8 Å². The van der Waals surface area contributed by atoms with Crippen molar-refractivity contribution < 1.29 is 22.7 Å². The van der Waals surface area contributed by atoms with Crippen LogP contribution in [-0.2, 0) is 11.0 Å². The number of hydrogen-bond donors (Lipinski definition) is 2. The van der Waals surface area contributed by atoms with Gasteiger partial charge in [-0.25, -0.2) is 9.97 Å². The van der Waals surface area contributed by atoms with Crippen LogP contribution in [-0.4, -0.2) is 46.0 Å². The molecular formula is C25H29F3N6O2. The minimum absolute atomic E-state index is 0.0304. The van der Waals surface area contributed by atoms with Gasteiger partial charge in [-0.05, 0) is 62.4 Å². The van der Waals surface area contributed by atoms with Gasteiger partial charge < -0.3 is 20.7 Å². The van der Waals surface area contributed by atoms with E-state index in [0.717, 1.165) is 30.5 Å². The lowest BCUT2D eigenvalue weighted by molar-refractivity contribution is -0.137. The molecule has 0 bridgehead atoms. The molecule has 3 heterocycles. The average molecular weight is 503 g/mol. The van der Waals surface area contributed by atoms with Crippen LogP contribution in [0.5, 0.6) is 5.88 Å². The first kappa shape index (κ1) is 25.5. The molecule has 192 valence electrons. The van der Waals surface area contributed by atoms with Gasteiger partial charge in [-0.1, -0.05) is 0 Å². The summed E-state index contributed by atoms with van der Waals surface area (Å²) in [6.07, 6.45) is -2.98. The second kappa shape index (κ2) is 9.79. The van der Waals surface area contributed by atoms with Crippen molar-refractivity contribution in [3.63, 3.8) is 0 Å². The molecule has 0 radical (unpaired) electrons. The Morgan fingerprint density at radius 1 is 1.17 bits per heavy atom.